The van der Waals surface area contributed by atoms with Crippen molar-refractivity contribution in [2.45, 2.75) is 6.61 Å². The molecule has 1 aromatic heterocycles. The molecule has 0 radical (unpaired) electrons. The number of anilines is 1. The van der Waals surface area contributed by atoms with E-state index in [1.807, 2.05) is 18.2 Å². The lowest BCUT2D eigenvalue weighted by Gasteiger charge is -2.28. The number of halogens is 2. The smallest absolute Gasteiger partial charge is 0.318 e. The summed E-state index contributed by atoms with van der Waals surface area (Å²) in [4.78, 5) is 10.8. The van der Waals surface area contributed by atoms with Gasteiger partial charge in [-0.2, -0.15) is 4.98 Å². The molecule has 0 spiro atoms. The summed E-state index contributed by atoms with van der Waals surface area (Å²) in [5, 5.41) is 4.48. The summed E-state index contributed by atoms with van der Waals surface area (Å²) in [5.41, 5.74) is 0.883. The van der Waals surface area contributed by atoms with Crippen LogP contribution >= 0.6 is 23.2 Å². The Morgan fingerprint density at radius 2 is 1.86 bits per heavy atom. The van der Waals surface area contributed by atoms with E-state index in [2.05, 4.69) is 20.2 Å². The summed E-state index contributed by atoms with van der Waals surface area (Å²) >= 11 is 11.9. The third-order valence-corrected chi connectivity index (χ3v) is 3.79. The van der Waals surface area contributed by atoms with E-state index in [0.29, 0.717) is 22.7 Å². The van der Waals surface area contributed by atoms with Crippen molar-refractivity contribution in [3.63, 3.8) is 0 Å². The first-order valence-electron chi connectivity index (χ1n) is 7.07. The second-order valence-electron chi connectivity index (χ2n) is 5.00. The van der Waals surface area contributed by atoms with E-state index in [1.165, 1.54) is 0 Å². The largest absolute Gasteiger partial charge is 0.459 e. The lowest BCUT2D eigenvalue weighted by atomic mass is 10.2. The van der Waals surface area contributed by atoms with Crippen molar-refractivity contribution in [3.8, 4) is 6.01 Å². The van der Waals surface area contributed by atoms with Crippen molar-refractivity contribution in [3.05, 3.63) is 46.1 Å². The van der Waals surface area contributed by atoms with Crippen LogP contribution in [-0.4, -0.2) is 36.1 Å². The maximum atomic E-state index is 5.97. The Bertz CT molecular complexity index is 627. The molecular weight excluding hydrogens is 323 g/mol. The Morgan fingerprint density at radius 3 is 2.59 bits per heavy atom. The Kier molecular flexibility index (Phi) is 4.97. The second-order valence-corrected chi connectivity index (χ2v) is 5.87. The normalized spacial score (nSPS) is 14.9. The minimum Gasteiger partial charge on any atom is -0.459 e. The summed E-state index contributed by atoms with van der Waals surface area (Å²) in [5.74, 6) is 0.885. The summed E-state index contributed by atoms with van der Waals surface area (Å²) in [7, 11) is 0. The van der Waals surface area contributed by atoms with Gasteiger partial charge in [-0.15, -0.1) is 0 Å². The Hall–Kier alpha value is -1.56. The van der Waals surface area contributed by atoms with Crippen molar-refractivity contribution < 1.29 is 4.74 Å². The van der Waals surface area contributed by atoms with Crippen LogP contribution in [0.1, 0.15) is 5.56 Å². The molecule has 1 N–H and O–H groups in total. The summed E-state index contributed by atoms with van der Waals surface area (Å²) in [6.07, 6.45) is 1.71. The second kappa shape index (κ2) is 7.13. The predicted octanol–water partition coefficient (Wildman–Crippen LogP) is 2.77. The minimum atomic E-state index is 0.325. The van der Waals surface area contributed by atoms with Crippen molar-refractivity contribution in [2.75, 3.05) is 31.1 Å². The zero-order valence-electron chi connectivity index (χ0n) is 11.9. The van der Waals surface area contributed by atoms with Crippen molar-refractivity contribution >= 4 is 29.0 Å². The lowest BCUT2D eigenvalue weighted by Crippen LogP contribution is -2.43. The molecule has 1 aliphatic heterocycles. The van der Waals surface area contributed by atoms with Crippen LogP contribution in [0.25, 0.3) is 0 Å². The molecule has 1 fully saturated rings. The SMILES string of the molecule is Clc1cc(Cl)cc(COc2nccc(N3CCNCC3)n2)c1. The number of ether oxygens (including phenoxy) is 1. The van der Waals surface area contributed by atoms with Crippen LogP contribution in [0.5, 0.6) is 6.01 Å². The fraction of sp³-hybridized carbons (Fsp3) is 0.333. The van der Waals surface area contributed by atoms with E-state index in [-0.39, 0.29) is 0 Å². The van der Waals surface area contributed by atoms with E-state index < -0.39 is 0 Å². The van der Waals surface area contributed by atoms with Crippen molar-refractivity contribution in [2.24, 2.45) is 0 Å². The number of piperazine rings is 1. The molecule has 1 saturated heterocycles. The van der Waals surface area contributed by atoms with Crippen LogP contribution < -0.4 is 15.0 Å². The fourth-order valence-electron chi connectivity index (χ4n) is 2.31. The number of hydrogen-bond donors (Lipinski definition) is 1. The topological polar surface area (TPSA) is 50.3 Å². The Labute approximate surface area is 139 Å². The maximum Gasteiger partial charge on any atom is 0.318 e. The lowest BCUT2D eigenvalue weighted by molar-refractivity contribution is 0.280. The highest BCUT2D eigenvalue weighted by Crippen LogP contribution is 2.20. The van der Waals surface area contributed by atoms with Gasteiger partial charge in [0.15, 0.2) is 0 Å². The number of benzene rings is 1. The van der Waals surface area contributed by atoms with Gasteiger partial charge in [0.1, 0.15) is 12.4 Å². The van der Waals surface area contributed by atoms with E-state index in [9.17, 15) is 0 Å². The maximum absolute atomic E-state index is 5.97. The van der Waals surface area contributed by atoms with Crippen LogP contribution in [-0.2, 0) is 6.61 Å². The van der Waals surface area contributed by atoms with E-state index >= 15 is 0 Å². The molecule has 7 heteroatoms. The van der Waals surface area contributed by atoms with Gasteiger partial charge in [-0.25, -0.2) is 4.98 Å². The monoisotopic (exact) mass is 338 g/mol. The third kappa shape index (κ3) is 4.00. The van der Waals surface area contributed by atoms with Gasteiger partial charge in [0.2, 0.25) is 0 Å². The van der Waals surface area contributed by atoms with E-state index in [0.717, 1.165) is 37.6 Å². The van der Waals surface area contributed by atoms with E-state index in [1.54, 1.807) is 12.3 Å². The number of nitrogens with zero attached hydrogens (tertiary/aromatic N) is 3. The van der Waals surface area contributed by atoms with Gasteiger partial charge in [0.25, 0.3) is 0 Å². The summed E-state index contributed by atoms with van der Waals surface area (Å²) in [6, 6.07) is 7.57. The van der Waals surface area contributed by atoms with Crippen LogP contribution in [0.15, 0.2) is 30.5 Å². The molecule has 0 unspecified atom stereocenters. The first-order chi connectivity index (χ1) is 10.7. The molecule has 0 amide bonds. The van der Waals surface area contributed by atoms with Crippen LogP contribution in [0.3, 0.4) is 0 Å². The Morgan fingerprint density at radius 1 is 1.14 bits per heavy atom. The summed E-state index contributed by atoms with van der Waals surface area (Å²) < 4.78 is 5.65. The molecule has 0 bridgehead atoms. The van der Waals surface area contributed by atoms with Crippen LogP contribution in [0, 0.1) is 0 Å². The molecule has 3 rings (SSSR count). The van der Waals surface area contributed by atoms with Gasteiger partial charge in [-0.1, -0.05) is 23.2 Å². The van der Waals surface area contributed by atoms with Gasteiger partial charge >= 0.3 is 6.01 Å². The molecule has 1 aliphatic rings. The number of nitrogens with one attached hydrogen (secondary N) is 1. The molecule has 2 aromatic rings. The minimum absolute atomic E-state index is 0.325. The van der Waals surface area contributed by atoms with Crippen LogP contribution in [0.2, 0.25) is 10.0 Å². The summed E-state index contributed by atoms with van der Waals surface area (Å²) in [6.45, 7) is 4.11. The number of rotatable bonds is 4. The molecule has 0 atom stereocenters. The van der Waals surface area contributed by atoms with Gasteiger partial charge in [0, 0.05) is 42.4 Å². The van der Waals surface area contributed by atoms with Crippen molar-refractivity contribution in [1.29, 1.82) is 0 Å². The number of hydrogen-bond acceptors (Lipinski definition) is 5. The molecule has 116 valence electrons. The van der Waals surface area contributed by atoms with Crippen molar-refractivity contribution in [1.82, 2.24) is 15.3 Å². The van der Waals surface area contributed by atoms with Gasteiger partial charge in [-0.05, 0) is 29.8 Å². The fourth-order valence-corrected chi connectivity index (χ4v) is 2.88. The molecule has 0 aliphatic carbocycles. The van der Waals surface area contributed by atoms with Crippen LogP contribution in [0.4, 0.5) is 5.82 Å². The predicted molar refractivity (Wildman–Crippen MR) is 87.9 cm³/mol. The van der Waals surface area contributed by atoms with E-state index in [4.69, 9.17) is 27.9 Å². The average molecular weight is 339 g/mol. The molecular formula is C15H16Cl2N4O. The standard InChI is InChI=1S/C15H16Cl2N4O/c16-12-7-11(8-13(17)9-12)10-22-15-19-2-1-14(20-15)21-5-3-18-4-6-21/h1-2,7-9,18H,3-6,10H2. The highest BCUT2D eigenvalue weighted by Gasteiger charge is 2.12. The number of aromatic nitrogens is 2. The quantitative estimate of drug-likeness (QED) is 0.928. The molecule has 1 aromatic carbocycles. The Balaban J connectivity index is 1.67. The molecule has 5 nitrogen and oxygen atoms in total. The van der Waals surface area contributed by atoms with Gasteiger partial charge < -0.3 is 15.0 Å². The zero-order valence-corrected chi connectivity index (χ0v) is 13.4. The zero-order chi connectivity index (χ0) is 15.4. The average Bonchev–Trinajstić information content (AvgIpc) is 2.53. The first-order valence-corrected chi connectivity index (χ1v) is 7.83. The molecule has 2 heterocycles. The first kappa shape index (κ1) is 15.3. The molecule has 0 saturated carbocycles. The highest BCUT2D eigenvalue weighted by molar-refractivity contribution is 6.34. The highest BCUT2D eigenvalue weighted by atomic mass is 35.5. The van der Waals surface area contributed by atoms with Gasteiger partial charge in [-0.3, -0.25) is 0 Å². The third-order valence-electron chi connectivity index (χ3n) is 3.35. The molecule has 22 heavy (non-hydrogen) atoms. The van der Waals surface area contributed by atoms with Gasteiger partial charge in [0.05, 0.1) is 0 Å².